The average molecular weight is 382 g/mol. The summed E-state index contributed by atoms with van der Waals surface area (Å²) in [5, 5.41) is 0. The highest BCUT2D eigenvalue weighted by molar-refractivity contribution is 8.76. The Morgan fingerprint density at radius 3 is 2.42 bits per heavy atom. The number of imide groups is 1. The molecule has 1 heterocycles. The molecule has 24 heavy (non-hydrogen) atoms. The van der Waals surface area contributed by atoms with Crippen molar-refractivity contribution in [3.05, 3.63) is 60.3 Å². The van der Waals surface area contributed by atoms with E-state index in [-0.39, 0.29) is 11.8 Å². The standard InChI is InChI=1S/C17H19NO3S3/c1-2-10-22-23-11-6-13-24(21)12-5-9-18-16(19)14-7-3-4-8-15(14)17(18)20/h2-5,7-9H,1,6,10-13H2. The van der Waals surface area contributed by atoms with E-state index < -0.39 is 10.8 Å². The Bertz CT molecular complexity index is 638. The number of nitrogens with zero attached hydrogens (tertiary/aromatic N) is 1. The van der Waals surface area contributed by atoms with Crippen LogP contribution in [0, 0.1) is 0 Å². The molecule has 128 valence electrons. The molecule has 0 spiro atoms. The summed E-state index contributed by atoms with van der Waals surface area (Å²) in [6.07, 6.45) is 5.82. The smallest absolute Gasteiger partial charge is 0.265 e. The highest BCUT2D eigenvalue weighted by atomic mass is 33.1. The van der Waals surface area contributed by atoms with Gasteiger partial charge in [-0.3, -0.25) is 13.8 Å². The van der Waals surface area contributed by atoms with Gasteiger partial charge in [0.15, 0.2) is 0 Å². The van der Waals surface area contributed by atoms with Crippen molar-refractivity contribution in [2.24, 2.45) is 0 Å². The lowest BCUT2D eigenvalue weighted by atomic mass is 10.1. The summed E-state index contributed by atoms with van der Waals surface area (Å²) in [5.74, 6) is 2.18. The molecule has 1 aromatic rings. The van der Waals surface area contributed by atoms with E-state index >= 15 is 0 Å². The number of amides is 2. The molecular weight excluding hydrogens is 362 g/mol. The van der Waals surface area contributed by atoms with Crippen LogP contribution in [0.4, 0.5) is 0 Å². The molecule has 7 heteroatoms. The molecule has 0 fully saturated rings. The summed E-state index contributed by atoms with van der Waals surface area (Å²) >= 11 is 0. The molecule has 4 nitrogen and oxygen atoms in total. The van der Waals surface area contributed by atoms with E-state index in [0.29, 0.717) is 22.6 Å². The van der Waals surface area contributed by atoms with Crippen molar-refractivity contribution in [2.75, 3.05) is 23.0 Å². The Kier molecular flexibility index (Phi) is 7.81. The zero-order chi connectivity index (χ0) is 17.4. The van der Waals surface area contributed by atoms with Gasteiger partial charge in [-0.1, -0.05) is 45.9 Å². The number of carbonyl (C=O) groups is 2. The van der Waals surface area contributed by atoms with E-state index in [1.165, 1.54) is 6.20 Å². The van der Waals surface area contributed by atoms with Crippen LogP contribution in [0.1, 0.15) is 27.1 Å². The first kappa shape index (κ1) is 19.0. The number of hydrogen-bond donors (Lipinski definition) is 0. The van der Waals surface area contributed by atoms with E-state index in [1.807, 2.05) is 6.08 Å². The van der Waals surface area contributed by atoms with Crippen LogP contribution < -0.4 is 0 Å². The lowest BCUT2D eigenvalue weighted by Gasteiger charge is -2.06. The molecule has 2 amide bonds. The highest BCUT2D eigenvalue weighted by Crippen LogP contribution is 2.23. The topological polar surface area (TPSA) is 54.5 Å². The number of benzene rings is 1. The molecule has 1 aliphatic rings. The zero-order valence-electron chi connectivity index (χ0n) is 13.2. The summed E-state index contributed by atoms with van der Waals surface area (Å²) < 4.78 is 11.9. The van der Waals surface area contributed by atoms with Gasteiger partial charge in [-0.25, -0.2) is 4.90 Å². The van der Waals surface area contributed by atoms with Gasteiger partial charge in [-0.05, 0) is 18.6 Å². The van der Waals surface area contributed by atoms with Crippen molar-refractivity contribution in [3.8, 4) is 0 Å². The van der Waals surface area contributed by atoms with Crippen LogP contribution in [0.3, 0.4) is 0 Å². The molecule has 0 aliphatic carbocycles. The molecule has 0 aromatic heterocycles. The van der Waals surface area contributed by atoms with Crippen LogP contribution >= 0.6 is 21.6 Å². The summed E-state index contributed by atoms with van der Waals surface area (Å²) in [6.45, 7) is 3.65. The maximum absolute atomic E-state index is 12.1. The molecule has 1 unspecified atom stereocenters. The predicted octanol–water partition coefficient (Wildman–Crippen LogP) is 3.50. The van der Waals surface area contributed by atoms with Crippen LogP contribution in [0.5, 0.6) is 0 Å². The first-order chi connectivity index (χ1) is 11.6. The third-order valence-corrected chi connectivity index (χ3v) is 6.94. The lowest BCUT2D eigenvalue weighted by molar-refractivity contribution is 0.0721. The second-order valence-electron chi connectivity index (χ2n) is 4.97. The Morgan fingerprint density at radius 2 is 1.79 bits per heavy atom. The van der Waals surface area contributed by atoms with Crippen LogP contribution in [0.2, 0.25) is 0 Å². The third kappa shape index (κ3) is 5.09. The fraction of sp³-hybridized carbons (Fsp3) is 0.294. The molecule has 1 atom stereocenters. The van der Waals surface area contributed by atoms with Crippen molar-refractivity contribution >= 4 is 44.2 Å². The number of fused-ring (bicyclic) bond motifs is 1. The minimum atomic E-state index is -0.979. The van der Waals surface area contributed by atoms with Gasteiger partial charge in [0.1, 0.15) is 0 Å². The SMILES string of the molecule is C=CCSSCCCS(=O)CC=CN1C(=O)c2ccccc2C1=O. The van der Waals surface area contributed by atoms with E-state index in [2.05, 4.69) is 6.58 Å². The lowest BCUT2D eigenvalue weighted by Crippen LogP contribution is -2.23. The second-order valence-corrected chi connectivity index (χ2v) is 9.22. The Hall–Kier alpha value is -1.31. The normalized spacial score (nSPS) is 15.1. The molecule has 0 radical (unpaired) electrons. The number of carbonyl (C=O) groups excluding carboxylic acids is 2. The summed E-state index contributed by atoms with van der Waals surface area (Å²) in [7, 11) is 2.51. The van der Waals surface area contributed by atoms with Crippen molar-refractivity contribution < 1.29 is 13.8 Å². The van der Waals surface area contributed by atoms with Crippen LogP contribution in [0.25, 0.3) is 0 Å². The van der Waals surface area contributed by atoms with Crippen molar-refractivity contribution in [3.63, 3.8) is 0 Å². The van der Waals surface area contributed by atoms with Crippen molar-refractivity contribution in [1.29, 1.82) is 0 Å². The van der Waals surface area contributed by atoms with Gasteiger partial charge in [0.05, 0.1) is 11.1 Å². The molecule has 0 bridgehead atoms. The molecule has 0 saturated heterocycles. The van der Waals surface area contributed by atoms with Gasteiger partial charge in [0.2, 0.25) is 0 Å². The average Bonchev–Trinajstić information content (AvgIpc) is 2.83. The summed E-state index contributed by atoms with van der Waals surface area (Å²) in [6, 6.07) is 6.75. The molecule has 0 N–H and O–H groups in total. The Labute approximate surface area is 152 Å². The number of rotatable bonds is 10. The van der Waals surface area contributed by atoms with Crippen LogP contribution in [-0.2, 0) is 10.8 Å². The second kappa shape index (κ2) is 9.86. The maximum atomic E-state index is 12.1. The zero-order valence-corrected chi connectivity index (χ0v) is 15.6. The van der Waals surface area contributed by atoms with Gasteiger partial charge < -0.3 is 0 Å². The first-order valence-corrected chi connectivity index (χ1v) is 11.5. The largest absolute Gasteiger partial charge is 0.268 e. The van der Waals surface area contributed by atoms with Gasteiger partial charge in [0, 0.05) is 40.0 Å². The Balaban J connectivity index is 1.75. The van der Waals surface area contributed by atoms with E-state index in [1.54, 1.807) is 51.9 Å². The van der Waals surface area contributed by atoms with E-state index in [9.17, 15) is 13.8 Å². The minimum Gasteiger partial charge on any atom is -0.268 e. The first-order valence-electron chi connectivity index (χ1n) is 7.49. The summed E-state index contributed by atoms with van der Waals surface area (Å²) in [5.41, 5.74) is 0.838. The van der Waals surface area contributed by atoms with Gasteiger partial charge in [-0.15, -0.1) is 6.58 Å². The Morgan fingerprint density at radius 1 is 1.12 bits per heavy atom. The summed E-state index contributed by atoms with van der Waals surface area (Å²) in [4.78, 5) is 25.4. The van der Waals surface area contributed by atoms with Gasteiger partial charge in [-0.2, -0.15) is 0 Å². The quantitative estimate of drug-likeness (QED) is 0.269. The van der Waals surface area contributed by atoms with E-state index in [0.717, 1.165) is 22.8 Å². The fourth-order valence-electron chi connectivity index (χ4n) is 2.12. The van der Waals surface area contributed by atoms with Crippen molar-refractivity contribution in [2.45, 2.75) is 6.42 Å². The van der Waals surface area contributed by atoms with E-state index in [4.69, 9.17) is 0 Å². The highest BCUT2D eigenvalue weighted by Gasteiger charge is 2.33. The predicted molar refractivity (Wildman–Crippen MR) is 104 cm³/mol. The number of hydrogen-bond acceptors (Lipinski definition) is 5. The van der Waals surface area contributed by atoms with Crippen LogP contribution in [0.15, 0.2) is 49.2 Å². The molecule has 1 aliphatic heterocycles. The minimum absolute atomic E-state index is 0.326. The molecule has 0 saturated carbocycles. The third-order valence-electron chi connectivity index (χ3n) is 3.23. The van der Waals surface area contributed by atoms with Crippen molar-refractivity contribution in [1.82, 2.24) is 4.90 Å². The molecule has 2 rings (SSSR count). The molecular formula is C17H19NO3S3. The molecule has 1 aromatic carbocycles. The van der Waals surface area contributed by atoms with Gasteiger partial charge >= 0.3 is 0 Å². The van der Waals surface area contributed by atoms with Gasteiger partial charge in [0.25, 0.3) is 11.8 Å². The van der Waals surface area contributed by atoms with Crippen LogP contribution in [-0.4, -0.2) is 43.9 Å². The fourth-order valence-corrected chi connectivity index (χ4v) is 5.09. The maximum Gasteiger partial charge on any atom is 0.265 e. The monoisotopic (exact) mass is 381 g/mol.